The van der Waals surface area contributed by atoms with Crippen LogP contribution in [0.15, 0.2) is 84.9 Å². The summed E-state index contributed by atoms with van der Waals surface area (Å²) in [5.41, 5.74) is 1.11. The fourth-order valence-corrected chi connectivity index (χ4v) is 2.79. The highest BCUT2D eigenvalue weighted by atomic mass is 16.7. The third-order valence-electron chi connectivity index (χ3n) is 4.47. The van der Waals surface area contributed by atoms with E-state index in [1.807, 2.05) is 0 Å². The van der Waals surface area contributed by atoms with Gasteiger partial charge in [0.25, 0.3) is 0 Å². The van der Waals surface area contributed by atoms with E-state index in [9.17, 15) is 19.2 Å². The van der Waals surface area contributed by atoms with Crippen LogP contribution in [0.4, 0.5) is 0 Å². The number of esters is 4. The molecule has 0 bridgehead atoms. The van der Waals surface area contributed by atoms with Gasteiger partial charge in [-0.25, -0.2) is 19.2 Å². The third-order valence-corrected chi connectivity index (χ3v) is 4.47. The Balaban J connectivity index is 1.42. The number of carbonyl (C=O) groups excluding carboxylic acids is 4. The minimum atomic E-state index is -1.11. The van der Waals surface area contributed by atoms with E-state index in [-0.39, 0.29) is 24.3 Å². The van der Waals surface area contributed by atoms with E-state index >= 15 is 0 Å². The van der Waals surface area contributed by atoms with Crippen molar-refractivity contribution in [3.05, 3.63) is 107 Å². The quantitative estimate of drug-likeness (QED) is 0.203. The fraction of sp³-hybridized carbons (Fsp3) is 0.154. The van der Waals surface area contributed by atoms with E-state index in [4.69, 9.17) is 18.9 Å². The van der Waals surface area contributed by atoms with Crippen molar-refractivity contribution in [1.82, 2.24) is 0 Å². The highest BCUT2D eigenvalue weighted by Gasteiger charge is 2.17. The van der Waals surface area contributed by atoms with Crippen molar-refractivity contribution < 1.29 is 38.1 Å². The molecule has 0 spiro atoms. The summed E-state index contributed by atoms with van der Waals surface area (Å²) in [5, 5.41) is 0. The Hall–Kier alpha value is -4.46. The van der Waals surface area contributed by atoms with Gasteiger partial charge in [-0.05, 0) is 48.5 Å². The maximum atomic E-state index is 12.3. The van der Waals surface area contributed by atoms with Crippen LogP contribution in [0.5, 0.6) is 0 Å². The molecule has 0 aromatic heterocycles. The number of hydrogen-bond acceptors (Lipinski definition) is 8. The maximum absolute atomic E-state index is 12.3. The Bertz CT molecular complexity index is 1120. The Kier molecular flexibility index (Phi) is 8.51. The molecule has 0 aliphatic carbocycles. The van der Waals surface area contributed by atoms with Gasteiger partial charge in [-0.3, -0.25) is 0 Å². The Labute approximate surface area is 196 Å². The van der Waals surface area contributed by atoms with Gasteiger partial charge in [-0.1, -0.05) is 36.4 Å². The smallest absolute Gasteiger partial charge is 0.341 e. The summed E-state index contributed by atoms with van der Waals surface area (Å²) < 4.78 is 20.3. The van der Waals surface area contributed by atoms with Gasteiger partial charge in [-0.2, -0.15) is 0 Å². The SMILES string of the molecule is CC(OC(=O)c1ccccc1)OC(=O)c1ccc(C(=O)OCCOC(=O)c2ccccc2)cc1. The number of carbonyl (C=O) groups is 4. The first-order valence-electron chi connectivity index (χ1n) is 10.4. The van der Waals surface area contributed by atoms with Gasteiger partial charge in [0, 0.05) is 6.92 Å². The van der Waals surface area contributed by atoms with Crippen molar-refractivity contribution in [2.75, 3.05) is 13.2 Å². The first kappa shape index (κ1) is 24.2. The van der Waals surface area contributed by atoms with Gasteiger partial charge in [0.1, 0.15) is 13.2 Å². The lowest BCUT2D eigenvalue weighted by molar-refractivity contribution is -0.0692. The molecule has 8 heteroatoms. The molecule has 3 aromatic carbocycles. The maximum Gasteiger partial charge on any atom is 0.341 e. The molecular formula is C26H22O8. The topological polar surface area (TPSA) is 105 Å². The molecule has 34 heavy (non-hydrogen) atoms. The minimum Gasteiger partial charge on any atom is -0.458 e. The normalized spacial score (nSPS) is 11.1. The minimum absolute atomic E-state index is 0.0938. The van der Waals surface area contributed by atoms with Crippen molar-refractivity contribution in [1.29, 1.82) is 0 Å². The van der Waals surface area contributed by atoms with Crippen molar-refractivity contribution in [2.24, 2.45) is 0 Å². The van der Waals surface area contributed by atoms with Crippen LogP contribution in [-0.4, -0.2) is 43.4 Å². The molecule has 0 radical (unpaired) electrons. The summed E-state index contributed by atoms with van der Waals surface area (Å²) in [5.74, 6) is -2.49. The number of benzene rings is 3. The summed E-state index contributed by atoms with van der Waals surface area (Å²) in [6.45, 7) is 1.21. The van der Waals surface area contributed by atoms with Crippen molar-refractivity contribution in [3.8, 4) is 0 Å². The first-order chi connectivity index (χ1) is 16.4. The summed E-state index contributed by atoms with van der Waals surface area (Å²) in [7, 11) is 0. The Morgan fingerprint density at radius 1 is 0.529 bits per heavy atom. The standard InChI is InChI=1S/C26H22O8/c1-18(33-25(29)20-10-6-3-7-11-20)34-26(30)22-14-12-21(13-15-22)24(28)32-17-16-31-23(27)19-8-4-2-5-9-19/h2-15,18H,16-17H2,1H3. The highest BCUT2D eigenvalue weighted by Crippen LogP contribution is 2.11. The molecule has 1 atom stereocenters. The molecule has 0 heterocycles. The largest absolute Gasteiger partial charge is 0.458 e. The zero-order valence-corrected chi connectivity index (χ0v) is 18.3. The zero-order valence-electron chi connectivity index (χ0n) is 18.3. The summed E-state index contributed by atoms with van der Waals surface area (Å²) in [6.07, 6.45) is -1.11. The molecule has 0 N–H and O–H groups in total. The Morgan fingerprint density at radius 3 is 1.26 bits per heavy atom. The third kappa shape index (κ3) is 7.03. The molecule has 0 saturated heterocycles. The van der Waals surface area contributed by atoms with Gasteiger partial charge in [0.05, 0.1) is 22.3 Å². The van der Waals surface area contributed by atoms with Crippen LogP contribution in [0, 0.1) is 0 Å². The monoisotopic (exact) mass is 462 g/mol. The van der Waals surface area contributed by atoms with Gasteiger partial charge in [0.2, 0.25) is 6.29 Å². The second-order valence-corrected chi connectivity index (χ2v) is 6.96. The second kappa shape index (κ2) is 12.0. The van der Waals surface area contributed by atoms with Crippen LogP contribution in [0.2, 0.25) is 0 Å². The second-order valence-electron chi connectivity index (χ2n) is 6.96. The van der Waals surface area contributed by atoms with Crippen molar-refractivity contribution >= 4 is 23.9 Å². The van der Waals surface area contributed by atoms with E-state index in [2.05, 4.69) is 0 Å². The molecule has 0 saturated carbocycles. The lowest BCUT2D eigenvalue weighted by Gasteiger charge is -2.14. The molecule has 3 aromatic rings. The van der Waals surface area contributed by atoms with Crippen LogP contribution >= 0.6 is 0 Å². The van der Waals surface area contributed by atoms with Crippen LogP contribution in [0.25, 0.3) is 0 Å². The molecule has 0 amide bonds. The van der Waals surface area contributed by atoms with Crippen LogP contribution < -0.4 is 0 Å². The van der Waals surface area contributed by atoms with E-state index < -0.39 is 30.2 Å². The van der Waals surface area contributed by atoms with Crippen molar-refractivity contribution in [3.63, 3.8) is 0 Å². The lowest BCUT2D eigenvalue weighted by Crippen LogP contribution is -2.22. The number of hydrogen-bond donors (Lipinski definition) is 0. The van der Waals surface area contributed by atoms with E-state index in [0.717, 1.165) is 0 Å². The molecule has 3 rings (SSSR count). The van der Waals surface area contributed by atoms with E-state index in [1.54, 1.807) is 60.7 Å². The van der Waals surface area contributed by atoms with Crippen LogP contribution in [-0.2, 0) is 18.9 Å². The lowest BCUT2D eigenvalue weighted by atomic mass is 10.1. The molecule has 0 fully saturated rings. The van der Waals surface area contributed by atoms with Crippen molar-refractivity contribution in [2.45, 2.75) is 13.2 Å². The van der Waals surface area contributed by atoms with Gasteiger partial charge >= 0.3 is 23.9 Å². The van der Waals surface area contributed by atoms with E-state index in [0.29, 0.717) is 11.1 Å². The number of ether oxygens (including phenoxy) is 4. The summed E-state index contributed by atoms with van der Waals surface area (Å²) in [4.78, 5) is 48.3. The predicted molar refractivity (Wildman–Crippen MR) is 120 cm³/mol. The predicted octanol–water partition coefficient (Wildman–Crippen LogP) is 4.06. The Morgan fingerprint density at radius 2 is 0.853 bits per heavy atom. The summed E-state index contributed by atoms with van der Waals surface area (Å²) in [6, 6.07) is 22.3. The van der Waals surface area contributed by atoms with Gasteiger partial charge in [-0.15, -0.1) is 0 Å². The highest BCUT2D eigenvalue weighted by molar-refractivity contribution is 5.94. The molecule has 0 aliphatic heterocycles. The molecule has 1 unspecified atom stereocenters. The number of rotatable bonds is 9. The average Bonchev–Trinajstić information content (AvgIpc) is 2.87. The van der Waals surface area contributed by atoms with Crippen LogP contribution in [0.1, 0.15) is 48.4 Å². The fourth-order valence-electron chi connectivity index (χ4n) is 2.79. The van der Waals surface area contributed by atoms with Gasteiger partial charge < -0.3 is 18.9 Å². The first-order valence-corrected chi connectivity index (χ1v) is 10.4. The molecular weight excluding hydrogens is 440 g/mol. The molecule has 174 valence electrons. The van der Waals surface area contributed by atoms with Gasteiger partial charge in [0.15, 0.2) is 0 Å². The average molecular weight is 462 g/mol. The summed E-state index contributed by atoms with van der Waals surface area (Å²) >= 11 is 0. The molecule has 8 nitrogen and oxygen atoms in total. The zero-order chi connectivity index (χ0) is 24.3. The van der Waals surface area contributed by atoms with Crippen LogP contribution in [0.3, 0.4) is 0 Å². The molecule has 0 aliphatic rings. The van der Waals surface area contributed by atoms with E-state index in [1.165, 1.54) is 31.2 Å².